The van der Waals surface area contributed by atoms with Crippen LogP contribution in [0.5, 0.6) is 5.75 Å². The van der Waals surface area contributed by atoms with Gasteiger partial charge in [0.1, 0.15) is 5.75 Å². The van der Waals surface area contributed by atoms with Gasteiger partial charge in [-0.2, -0.15) is 0 Å². The number of nitrogens with one attached hydrogen (secondary N) is 1. The third-order valence-electron chi connectivity index (χ3n) is 4.30. The molecule has 0 fully saturated rings. The number of sulfonamides is 1. The van der Waals surface area contributed by atoms with Crippen LogP contribution in [0.3, 0.4) is 0 Å². The first kappa shape index (κ1) is 22.2. The van der Waals surface area contributed by atoms with Crippen molar-refractivity contribution < 1.29 is 22.9 Å². The minimum absolute atomic E-state index is 0.0598. The summed E-state index contributed by atoms with van der Waals surface area (Å²) in [5.74, 6) is 0.255. The average molecular weight is 421 g/mol. The lowest BCUT2D eigenvalue weighted by atomic mass is 10.1. The standard InChI is InChI=1S/C19H23N3O6S/c1-14-17(6-4-7-18(14)22(24)25)20-19(23)8-5-13-21(29(3,26)27)15-9-11-16(28-2)12-10-15/h4,6-7,9-12H,5,8,13H2,1-3H3,(H,20,23). The quantitative estimate of drug-likeness (QED) is 0.491. The summed E-state index contributed by atoms with van der Waals surface area (Å²) < 4.78 is 30.6. The molecule has 0 saturated carbocycles. The van der Waals surface area contributed by atoms with E-state index in [2.05, 4.69) is 5.32 Å². The Morgan fingerprint density at radius 2 is 1.86 bits per heavy atom. The van der Waals surface area contributed by atoms with E-state index in [9.17, 15) is 23.3 Å². The van der Waals surface area contributed by atoms with Crippen LogP contribution >= 0.6 is 0 Å². The first-order valence-electron chi connectivity index (χ1n) is 8.79. The molecule has 0 aliphatic heterocycles. The maximum Gasteiger partial charge on any atom is 0.274 e. The molecule has 0 aromatic heterocycles. The second-order valence-electron chi connectivity index (χ2n) is 6.39. The van der Waals surface area contributed by atoms with Crippen molar-refractivity contribution in [2.24, 2.45) is 0 Å². The Bertz CT molecular complexity index is 990. The first-order valence-corrected chi connectivity index (χ1v) is 10.6. The minimum Gasteiger partial charge on any atom is -0.497 e. The summed E-state index contributed by atoms with van der Waals surface area (Å²) in [4.78, 5) is 22.7. The zero-order chi connectivity index (χ0) is 21.6. The second kappa shape index (κ2) is 9.37. The number of methoxy groups -OCH3 is 1. The van der Waals surface area contributed by atoms with E-state index in [1.807, 2.05) is 0 Å². The highest BCUT2D eigenvalue weighted by Gasteiger charge is 2.18. The summed E-state index contributed by atoms with van der Waals surface area (Å²) in [7, 11) is -2.01. The van der Waals surface area contributed by atoms with Gasteiger partial charge in [0, 0.05) is 19.0 Å². The average Bonchev–Trinajstić information content (AvgIpc) is 2.66. The van der Waals surface area contributed by atoms with Crippen molar-refractivity contribution in [1.82, 2.24) is 0 Å². The molecule has 10 heteroatoms. The van der Waals surface area contributed by atoms with Gasteiger partial charge in [0.05, 0.1) is 35.2 Å². The third kappa shape index (κ3) is 5.92. The van der Waals surface area contributed by atoms with Crippen molar-refractivity contribution >= 4 is 33.0 Å². The van der Waals surface area contributed by atoms with Gasteiger partial charge in [0.2, 0.25) is 15.9 Å². The Hall–Kier alpha value is -3.14. The number of nitro benzene ring substituents is 1. The monoisotopic (exact) mass is 421 g/mol. The van der Waals surface area contributed by atoms with Crippen molar-refractivity contribution in [3.63, 3.8) is 0 Å². The maximum absolute atomic E-state index is 12.2. The molecule has 0 saturated heterocycles. The van der Waals surface area contributed by atoms with Crippen LogP contribution in [0, 0.1) is 17.0 Å². The highest BCUT2D eigenvalue weighted by Crippen LogP contribution is 2.25. The molecule has 156 valence electrons. The summed E-state index contributed by atoms with van der Waals surface area (Å²) in [6.45, 7) is 1.68. The van der Waals surface area contributed by atoms with Crippen LogP contribution in [-0.2, 0) is 14.8 Å². The number of ether oxygens (including phenoxy) is 1. The van der Waals surface area contributed by atoms with Gasteiger partial charge in [-0.3, -0.25) is 19.2 Å². The second-order valence-corrected chi connectivity index (χ2v) is 8.30. The zero-order valence-electron chi connectivity index (χ0n) is 16.4. The van der Waals surface area contributed by atoms with E-state index >= 15 is 0 Å². The molecule has 0 aliphatic rings. The Labute approximate surface area is 169 Å². The Balaban J connectivity index is 2.01. The lowest BCUT2D eigenvalue weighted by molar-refractivity contribution is -0.385. The number of carbonyl (C=O) groups excluding carboxylic acids is 1. The number of hydrogen-bond donors (Lipinski definition) is 1. The van der Waals surface area contributed by atoms with E-state index in [1.165, 1.54) is 23.5 Å². The molecule has 0 spiro atoms. The number of nitro groups is 1. The molecular formula is C19H23N3O6S. The third-order valence-corrected chi connectivity index (χ3v) is 5.50. The number of anilines is 2. The van der Waals surface area contributed by atoms with Crippen molar-refractivity contribution in [3.8, 4) is 5.75 Å². The van der Waals surface area contributed by atoms with Gasteiger partial charge in [-0.25, -0.2) is 8.42 Å². The molecule has 9 nitrogen and oxygen atoms in total. The van der Waals surface area contributed by atoms with E-state index < -0.39 is 14.9 Å². The molecule has 0 atom stereocenters. The van der Waals surface area contributed by atoms with Crippen molar-refractivity contribution in [2.75, 3.05) is 29.5 Å². The fraction of sp³-hybridized carbons (Fsp3) is 0.316. The summed E-state index contributed by atoms with van der Waals surface area (Å²) in [6, 6.07) is 11.0. The molecule has 1 amide bonds. The smallest absolute Gasteiger partial charge is 0.274 e. The number of rotatable bonds is 9. The molecule has 0 radical (unpaired) electrons. The lowest BCUT2D eigenvalue weighted by Crippen LogP contribution is -2.31. The summed E-state index contributed by atoms with van der Waals surface area (Å²) in [5.41, 5.74) is 1.12. The van der Waals surface area contributed by atoms with E-state index in [0.717, 1.165) is 6.26 Å². The lowest BCUT2D eigenvalue weighted by Gasteiger charge is -2.22. The van der Waals surface area contributed by atoms with Gasteiger partial charge in [-0.1, -0.05) is 6.07 Å². The normalized spacial score (nSPS) is 11.0. The molecule has 2 rings (SSSR count). The largest absolute Gasteiger partial charge is 0.497 e. The molecule has 1 N–H and O–H groups in total. The highest BCUT2D eigenvalue weighted by molar-refractivity contribution is 7.92. The number of amides is 1. The number of hydrogen-bond acceptors (Lipinski definition) is 6. The van der Waals surface area contributed by atoms with Gasteiger partial charge >= 0.3 is 0 Å². The topological polar surface area (TPSA) is 119 Å². The summed E-state index contributed by atoms with van der Waals surface area (Å²) in [6.07, 6.45) is 1.44. The first-order chi connectivity index (χ1) is 13.6. The van der Waals surface area contributed by atoms with Crippen LogP contribution in [0.2, 0.25) is 0 Å². The fourth-order valence-electron chi connectivity index (χ4n) is 2.79. The molecule has 2 aromatic rings. The zero-order valence-corrected chi connectivity index (χ0v) is 17.2. The molecule has 0 bridgehead atoms. The molecule has 2 aromatic carbocycles. The number of carbonyl (C=O) groups is 1. The molecule has 0 heterocycles. The van der Waals surface area contributed by atoms with Crippen LogP contribution in [0.1, 0.15) is 18.4 Å². The van der Waals surface area contributed by atoms with Gasteiger partial charge in [-0.15, -0.1) is 0 Å². The number of benzene rings is 2. The van der Waals surface area contributed by atoms with E-state index in [1.54, 1.807) is 37.3 Å². The van der Waals surface area contributed by atoms with Crippen LogP contribution in [-0.4, -0.2) is 39.2 Å². The summed E-state index contributed by atoms with van der Waals surface area (Å²) in [5, 5.41) is 13.6. The maximum atomic E-state index is 12.2. The van der Waals surface area contributed by atoms with E-state index in [4.69, 9.17) is 4.74 Å². The van der Waals surface area contributed by atoms with Crippen LogP contribution in [0.4, 0.5) is 17.1 Å². The van der Waals surface area contributed by atoms with Crippen molar-refractivity contribution in [3.05, 3.63) is 58.1 Å². The highest BCUT2D eigenvalue weighted by atomic mass is 32.2. The van der Waals surface area contributed by atoms with Crippen molar-refractivity contribution in [2.45, 2.75) is 19.8 Å². The van der Waals surface area contributed by atoms with Gasteiger partial charge < -0.3 is 10.1 Å². The molecule has 0 aliphatic carbocycles. The van der Waals surface area contributed by atoms with Crippen LogP contribution < -0.4 is 14.4 Å². The van der Waals surface area contributed by atoms with E-state index in [-0.39, 0.29) is 31.0 Å². The predicted molar refractivity (Wildman–Crippen MR) is 111 cm³/mol. The van der Waals surface area contributed by atoms with Crippen LogP contribution in [0.15, 0.2) is 42.5 Å². The Morgan fingerprint density at radius 1 is 1.21 bits per heavy atom. The van der Waals surface area contributed by atoms with Crippen LogP contribution in [0.25, 0.3) is 0 Å². The SMILES string of the molecule is COc1ccc(N(CCCC(=O)Nc2cccc([N+](=O)[O-])c2C)S(C)(=O)=O)cc1. The molecule has 29 heavy (non-hydrogen) atoms. The van der Waals surface area contributed by atoms with Gasteiger partial charge in [-0.05, 0) is 43.7 Å². The summed E-state index contributed by atoms with van der Waals surface area (Å²) >= 11 is 0. The fourth-order valence-corrected chi connectivity index (χ4v) is 3.75. The van der Waals surface area contributed by atoms with Gasteiger partial charge in [0.25, 0.3) is 5.69 Å². The van der Waals surface area contributed by atoms with E-state index in [0.29, 0.717) is 22.7 Å². The molecule has 0 unspecified atom stereocenters. The van der Waals surface area contributed by atoms with Gasteiger partial charge in [0.15, 0.2) is 0 Å². The van der Waals surface area contributed by atoms with Crippen molar-refractivity contribution in [1.29, 1.82) is 0 Å². The number of nitrogens with zero attached hydrogens (tertiary/aromatic N) is 2. The minimum atomic E-state index is -3.53. The Morgan fingerprint density at radius 3 is 2.41 bits per heavy atom. The predicted octanol–water partition coefficient (Wildman–Crippen LogP) is 3.10. The molecular weight excluding hydrogens is 398 g/mol. The Kier molecular flexibility index (Phi) is 7.16.